The van der Waals surface area contributed by atoms with Crippen molar-refractivity contribution in [1.29, 1.82) is 0 Å². The van der Waals surface area contributed by atoms with Crippen molar-refractivity contribution in [1.82, 2.24) is 0 Å². The van der Waals surface area contributed by atoms with Gasteiger partial charge in [-0.05, 0) is 30.5 Å². The Morgan fingerprint density at radius 1 is 1.36 bits per heavy atom. The molecule has 0 atom stereocenters. The Morgan fingerprint density at radius 2 is 2.21 bits per heavy atom. The van der Waals surface area contributed by atoms with Gasteiger partial charge in [0, 0.05) is 17.9 Å². The van der Waals surface area contributed by atoms with Crippen LogP contribution in [-0.2, 0) is 0 Å². The number of hydrogen-bond donors (Lipinski definition) is 2. The minimum absolute atomic E-state index is 0.832. The summed E-state index contributed by atoms with van der Waals surface area (Å²) in [7, 11) is 0. The molecule has 0 unspecified atom stereocenters. The second-order valence-electron chi connectivity index (χ2n) is 4.14. The highest BCUT2D eigenvalue weighted by Crippen LogP contribution is 2.29. The number of rotatable bonds is 4. The molecule has 2 heteroatoms. The van der Waals surface area contributed by atoms with Crippen molar-refractivity contribution in [2.45, 2.75) is 25.7 Å². The van der Waals surface area contributed by atoms with E-state index >= 15 is 0 Å². The monoisotopic (exact) mass is 190 g/mol. The molecule has 14 heavy (non-hydrogen) atoms. The number of benzene rings is 1. The maximum Gasteiger partial charge on any atom is 0.0360 e. The van der Waals surface area contributed by atoms with Crippen LogP contribution in [-0.4, -0.2) is 6.54 Å². The molecule has 0 spiro atoms. The summed E-state index contributed by atoms with van der Waals surface area (Å²) in [5, 5.41) is 3.40. The van der Waals surface area contributed by atoms with Crippen molar-refractivity contribution in [2.24, 2.45) is 5.92 Å². The molecule has 0 aromatic heterocycles. The molecule has 1 aromatic rings. The van der Waals surface area contributed by atoms with Gasteiger partial charge in [-0.25, -0.2) is 0 Å². The van der Waals surface area contributed by atoms with E-state index in [1.807, 2.05) is 18.2 Å². The van der Waals surface area contributed by atoms with Crippen molar-refractivity contribution in [3.05, 3.63) is 24.3 Å². The topological polar surface area (TPSA) is 38.0 Å². The summed E-state index contributed by atoms with van der Waals surface area (Å²) < 4.78 is 0. The normalized spacial score (nSPS) is 16.3. The lowest BCUT2D eigenvalue weighted by Gasteiger charge is -2.25. The van der Waals surface area contributed by atoms with Crippen molar-refractivity contribution in [3.63, 3.8) is 0 Å². The van der Waals surface area contributed by atoms with E-state index in [1.165, 1.54) is 25.7 Å². The number of anilines is 2. The van der Waals surface area contributed by atoms with E-state index in [0.717, 1.165) is 23.8 Å². The summed E-state index contributed by atoms with van der Waals surface area (Å²) in [4.78, 5) is 0. The summed E-state index contributed by atoms with van der Waals surface area (Å²) >= 11 is 0. The first-order chi connectivity index (χ1) is 6.84. The first-order valence-corrected chi connectivity index (χ1v) is 5.44. The molecule has 0 heterocycles. The third-order valence-corrected chi connectivity index (χ3v) is 2.99. The van der Waals surface area contributed by atoms with Gasteiger partial charge in [-0.15, -0.1) is 0 Å². The second kappa shape index (κ2) is 4.36. The fraction of sp³-hybridized carbons (Fsp3) is 0.500. The summed E-state index contributed by atoms with van der Waals surface area (Å²) in [5.74, 6) is 0.976. The van der Waals surface area contributed by atoms with E-state index in [-0.39, 0.29) is 0 Å². The SMILES string of the molecule is Nc1cccc(NCCC2CCC2)c1. The van der Waals surface area contributed by atoms with Gasteiger partial charge in [-0.1, -0.05) is 25.3 Å². The first-order valence-electron chi connectivity index (χ1n) is 5.44. The minimum Gasteiger partial charge on any atom is -0.399 e. The predicted molar refractivity (Wildman–Crippen MR) is 61.3 cm³/mol. The Labute approximate surface area is 85.5 Å². The van der Waals surface area contributed by atoms with Crippen molar-refractivity contribution < 1.29 is 0 Å². The molecule has 1 aliphatic carbocycles. The Balaban J connectivity index is 1.74. The van der Waals surface area contributed by atoms with Crippen molar-refractivity contribution >= 4 is 11.4 Å². The van der Waals surface area contributed by atoms with Crippen LogP contribution in [0.2, 0.25) is 0 Å². The van der Waals surface area contributed by atoms with Crippen LogP contribution in [0.4, 0.5) is 11.4 Å². The van der Waals surface area contributed by atoms with Crippen LogP contribution in [0.25, 0.3) is 0 Å². The smallest absolute Gasteiger partial charge is 0.0360 e. The Kier molecular flexibility index (Phi) is 2.92. The highest BCUT2D eigenvalue weighted by molar-refractivity contribution is 5.53. The molecular formula is C12H18N2. The summed E-state index contributed by atoms with van der Waals surface area (Å²) in [6, 6.07) is 7.95. The third-order valence-electron chi connectivity index (χ3n) is 2.99. The molecule has 0 amide bonds. The zero-order chi connectivity index (χ0) is 9.80. The Bertz CT molecular complexity index is 292. The van der Waals surface area contributed by atoms with E-state index in [9.17, 15) is 0 Å². The largest absolute Gasteiger partial charge is 0.399 e. The van der Waals surface area contributed by atoms with Crippen LogP contribution in [0.5, 0.6) is 0 Å². The summed E-state index contributed by atoms with van der Waals surface area (Å²) in [6.07, 6.45) is 5.59. The zero-order valence-corrected chi connectivity index (χ0v) is 8.50. The van der Waals surface area contributed by atoms with E-state index in [1.54, 1.807) is 0 Å². The van der Waals surface area contributed by atoms with Gasteiger partial charge in [0.15, 0.2) is 0 Å². The van der Waals surface area contributed by atoms with E-state index in [2.05, 4.69) is 11.4 Å². The summed E-state index contributed by atoms with van der Waals surface area (Å²) in [6.45, 7) is 1.08. The fourth-order valence-electron chi connectivity index (χ4n) is 1.85. The van der Waals surface area contributed by atoms with E-state index < -0.39 is 0 Å². The molecule has 0 aliphatic heterocycles. The Morgan fingerprint density at radius 3 is 2.86 bits per heavy atom. The molecular weight excluding hydrogens is 172 g/mol. The number of hydrogen-bond acceptors (Lipinski definition) is 2. The molecule has 1 aliphatic rings. The second-order valence-corrected chi connectivity index (χ2v) is 4.14. The Hall–Kier alpha value is -1.18. The van der Waals surface area contributed by atoms with Gasteiger partial charge in [0.05, 0.1) is 0 Å². The molecule has 1 aromatic carbocycles. The number of nitrogen functional groups attached to an aromatic ring is 1. The minimum atomic E-state index is 0.832. The molecule has 0 bridgehead atoms. The van der Waals surface area contributed by atoms with Crippen molar-refractivity contribution in [2.75, 3.05) is 17.6 Å². The van der Waals surface area contributed by atoms with Gasteiger partial charge in [0.25, 0.3) is 0 Å². The van der Waals surface area contributed by atoms with Crippen LogP contribution in [0.15, 0.2) is 24.3 Å². The zero-order valence-electron chi connectivity index (χ0n) is 8.50. The van der Waals surface area contributed by atoms with Crippen LogP contribution in [0.1, 0.15) is 25.7 Å². The van der Waals surface area contributed by atoms with E-state index in [0.29, 0.717) is 0 Å². The number of nitrogens with two attached hydrogens (primary N) is 1. The molecule has 2 rings (SSSR count). The highest BCUT2D eigenvalue weighted by Gasteiger charge is 2.16. The lowest BCUT2D eigenvalue weighted by molar-refractivity contribution is 0.303. The van der Waals surface area contributed by atoms with Crippen LogP contribution in [0.3, 0.4) is 0 Å². The van der Waals surface area contributed by atoms with Gasteiger partial charge in [-0.3, -0.25) is 0 Å². The molecule has 0 saturated heterocycles. The molecule has 2 nitrogen and oxygen atoms in total. The number of nitrogens with one attached hydrogen (secondary N) is 1. The van der Waals surface area contributed by atoms with Gasteiger partial charge >= 0.3 is 0 Å². The maximum absolute atomic E-state index is 5.69. The first kappa shape index (κ1) is 9.38. The van der Waals surface area contributed by atoms with Gasteiger partial charge in [-0.2, -0.15) is 0 Å². The molecule has 1 saturated carbocycles. The molecule has 76 valence electrons. The molecule has 3 N–H and O–H groups in total. The van der Waals surface area contributed by atoms with Gasteiger partial charge in [0.1, 0.15) is 0 Å². The van der Waals surface area contributed by atoms with Gasteiger partial charge < -0.3 is 11.1 Å². The lowest BCUT2D eigenvalue weighted by atomic mass is 9.83. The average Bonchev–Trinajstić information content (AvgIpc) is 2.09. The molecule has 0 radical (unpaired) electrons. The summed E-state index contributed by atoms with van der Waals surface area (Å²) in [5.41, 5.74) is 7.66. The van der Waals surface area contributed by atoms with Crippen LogP contribution >= 0.6 is 0 Å². The van der Waals surface area contributed by atoms with Crippen molar-refractivity contribution in [3.8, 4) is 0 Å². The fourth-order valence-corrected chi connectivity index (χ4v) is 1.85. The van der Waals surface area contributed by atoms with Gasteiger partial charge in [0.2, 0.25) is 0 Å². The highest BCUT2D eigenvalue weighted by atomic mass is 14.9. The molecule has 1 fully saturated rings. The van der Waals surface area contributed by atoms with E-state index in [4.69, 9.17) is 5.73 Å². The maximum atomic E-state index is 5.69. The standard InChI is InChI=1S/C12H18N2/c13-11-5-2-6-12(9-11)14-8-7-10-3-1-4-10/h2,5-6,9-10,14H,1,3-4,7-8,13H2. The quantitative estimate of drug-likeness (QED) is 0.716. The van der Waals surface area contributed by atoms with Crippen LogP contribution < -0.4 is 11.1 Å². The lowest BCUT2D eigenvalue weighted by Crippen LogP contribution is -2.15. The third kappa shape index (κ3) is 2.41. The predicted octanol–water partition coefficient (Wildman–Crippen LogP) is 2.87. The average molecular weight is 190 g/mol. The van der Waals surface area contributed by atoms with Crippen LogP contribution in [0, 0.1) is 5.92 Å².